The second kappa shape index (κ2) is 8.52. The maximum atomic E-state index is 12.5. The first kappa shape index (κ1) is 20.2. The molecule has 2 aromatic rings. The van der Waals surface area contributed by atoms with E-state index in [1.54, 1.807) is 18.2 Å². The molecular formula is C16H18F3N5O3. The topological polar surface area (TPSA) is 100 Å². The third-order valence-electron chi connectivity index (χ3n) is 3.47. The molecule has 0 bridgehead atoms. The molecule has 1 aromatic heterocycles. The maximum absolute atomic E-state index is 12.5. The zero-order chi connectivity index (χ0) is 20.0. The van der Waals surface area contributed by atoms with Crippen molar-refractivity contribution in [1.82, 2.24) is 20.1 Å². The molecule has 0 aliphatic carbocycles. The Kier molecular flexibility index (Phi) is 6.37. The van der Waals surface area contributed by atoms with E-state index < -0.39 is 29.9 Å². The number of hydrogen-bond acceptors (Lipinski definition) is 5. The lowest BCUT2D eigenvalue weighted by molar-refractivity contribution is -0.144. The number of nitrogens with one attached hydrogen (secondary N) is 2. The second-order valence-electron chi connectivity index (χ2n) is 5.60. The van der Waals surface area contributed by atoms with Crippen LogP contribution in [0.25, 0.3) is 0 Å². The Morgan fingerprint density at radius 1 is 1.30 bits per heavy atom. The molecule has 0 saturated heterocycles. The van der Waals surface area contributed by atoms with Crippen LogP contribution in [0.1, 0.15) is 35.9 Å². The Bertz CT molecular complexity index is 807. The van der Waals surface area contributed by atoms with Gasteiger partial charge in [0.1, 0.15) is 5.75 Å². The van der Waals surface area contributed by atoms with Gasteiger partial charge in [-0.3, -0.25) is 15.2 Å². The van der Waals surface area contributed by atoms with Crippen molar-refractivity contribution in [2.75, 3.05) is 18.9 Å². The lowest BCUT2D eigenvalue weighted by Crippen LogP contribution is -2.31. The number of benzene rings is 1. The molecule has 2 N–H and O–H groups in total. The molecule has 11 heteroatoms. The van der Waals surface area contributed by atoms with E-state index in [0.29, 0.717) is 6.54 Å². The summed E-state index contributed by atoms with van der Waals surface area (Å²) in [5, 5.41) is 7.12. The van der Waals surface area contributed by atoms with Gasteiger partial charge in [0.25, 0.3) is 5.91 Å². The molecule has 0 fully saturated rings. The predicted octanol–water partition coefficient (Wildman–Crippen LogP) is 3.31. The van der Waals surface area contributed by atoms with Crippen LogP contribution in [-0.2, 0) is 6.18 Å². The highest BCUT2D eigenvalue weighted by molar-refractivity contribution is 6.05. The van der Waals surface area contributed by atoms with Crippen LogP contribution in [0.4, 0.5) is 23.9 Å². The number of anilines is 1. The fourth-order valence-electron chi connectivity index (χ4n) is 2.02. The van der Waals surface area contributed by atoms with Gasteiger partial charge >= 0.3 is 12.3 Å². The summed E-state index contributed by atoms with van der Waals surface area (Å²) in [4.78, 5) is 28.9. The number of H-pyrrole nitrogens is 1. The van der Waals surface area contributed by atoms with Gasteiger partial charge in [-0.1, -0.05) is 25.5 Å². The fourth-order valence-corrected chi connectivity index (χ4v) is 2.02. The highest BCUT2D eigenvalue weighted by Crippen LogP contribution is 2.26. The molecule has 0 unspecified atom stereocenters. The van der Waals surface area contributed by atoms with Crippen LogP contribution in [0.15, 0.2) is 24.3 Å². The number of nitrogens with zero attached hydrogens (tertiary/aromatic N) is 3. The number of unbranched alkanes of at least 4 members (excludes halogenated alkanes) is 1. The molecule has 2 rings (SSSR count). The maximum Gasteiger partial charge on any atom is 0.451 e. The van der Waals surface area contributed by atoms with E-state index in [4.69, 9.17) is 4.74 Å². The lowest BCUT2D eigenvalue weighted by atomic mass is 10.2. The van der Waals surface area contributed by atoms with Crippen LogP contribution in [0.2, 0.25) is 0 Å². The number of para-hydroxylation sites is 1. The first-order valence-electron chi connectivity index (χ1n) is 8.05. The molecule has 8 nitrogen and oxygen atoms in total. The lowest BCUT2D eigenvalue weighted by Gasteiger charge is -2.17. The summed E-state index contributed by atoms with van der Waals surface area (Å²) in [6.07, 6.45) is -3.68. The SMILES string of the molecule is CCCCN(C)C(=O)Oc1ccccc1C(=O)Nc1n[nH]c(C(F)(F)F)n1. The van der Waals surface area contributed by atoms with Crippen molar-refractivity contribution in [2.45, 2.75) is 25.9 Å². The minimum Gasteiger partial charge on any atom is -0.409 e. The quantitative estimate of drug-likeness (QED) is 0.795. The Hall–Kier alpha value is -3.11. The van der Waals surface area contributed by atoms with Gasteiger partial charge in [-0.25, -0.2) is 4.79 Å². The van der Waals surface area contributed by atoms with Crippen molar-refractivity contribution >= 4 is 17.9 Å². The molecule has 146 valence electrons. The summed E-state index contributed by atoms with van der Waals surface area (Å²) in [6.45, 7) is 2.47. The van der Waals surface area contributed by atoms with E-state index in [9.17, 15) is 22.8 Å². The van der Waals surface area contributed by atoms with Gasteiger partial charge in [0, 0.05) is 13.6 Å². The highest BCUT2D eigenvalue weighted by atomic mass is 19.4. The number of alkyl halides is 3. The Morgan fingerprint density at radius 2 is 2.00 bits per heavy atom. The number of carbonyl (C=O) groups is 2. The predicted molar refractivity (Wildman–Crippen MR) is 89.3 cm³/mol. The van der Waals surface area contributed by atoms with Crippen molar-refractivity contribution < 1.29 is 27.5 Å². The standard InChI is InChI=1S/C16H18F3N5O3/c1-3-4-9-24(2)15(26)27-11-8-6-5-7-10(11)12(25)20-14-21-13(22-23-14)16(17,18)19/h5-8H,3-4,9H2,1-2H3,(H2,20,21,22,23,25). The number of ether oxygens (including phenoxy) is 1. The van der Waals surface area contributed by atoms with Gasteiger partial charge in [-0.15, -0.1) is 5.10 Å². The molecule has 2 amide bonds. The number of aromatic amines is 1. The first-order valence-corrected chi connectivity index (χ1v) is 8.05. The molecular weight excluding hydrogens is 367 g/mol. The van der Waals surface area contributed by atoms with E-state index in [1.807, 2.05) is 6.92 Å². The highest BCUT2D eigenvalue weighted by Gasteiger charge is 2.35. The molecule has 0 aliphatic rings. The third-order valence-corrected chi connectivity index (χ3v) is 3.47. The first-order chi connectivity index (χ1) is 12.7. The van der Waals surface area contributed by atoms with Crippen LogP contribution >= 0.6 is 0 Å². The largest absolute Gasteiger partial charge is 0.451 e. The zero-order valence-electron chi connectivity index (χ0n) is 14.6. The van der Waals surface area contributed by atoms with E-state index in [0.717, 1.165) is 12.8 Å². The van der Waals surface area contributed by atoms with Crippen molar-refractivity contribution in [3.63, 3.8) is 0 Å². The molecule has 0 spiro atoms. The van der Waals surface area contributed by atoms with E-state index in [-0.39, 0.29) is 11.3 Å². The van der Waals surface area contributed by atoms with E-state index >= 15 is 0 Å². The van der Waals surface area contributed by atoms with Crippen molar-refractivity contribution in [1.29, 1.82) is 0 Å². The Balaban J connectivity index is 2.11. The summed E-state index contributed by atoms with van der Waals surface area (Å²) < 4.78 is 42.8. The Morgan fingerprint density at radius 3 is 2.63 bits per heavy atom. The normalized spacial score (nSPS) is 11.1. The molecule has 27 heavy (non-hydrogen) atoms. The molecule has 1 heterocycles. The molecule has 0 radical (unpaired) electrons. The zero-order valence-corrected chi connectivity index (χ0v) is 14.6. The van der Waals surface area contributed by atoms with Crippen LogP contribution in [0, 0.1) is 0 Å². The van der Waals surface area contributed by atoms with Gasteiger partial charge in [0.05, 0.1) is 5.56 Å². The summed E-state index contributed by atoms with van der Waals surface area (Å²) in [5.41, 5.74) is -0.0481. The number of rotatable bonds is 6. The van der Waals surface area contributed by atoms with Gasteiger partial charge in [-0.2, -0.15) is 18.2 Å². The smallest absolute Gasteiger partial charge is 0.409 e. The third kappa shape index (κ3) is 5.43. The molecule has 0 saturated carbocycles. The number of halogens is 3. The average Bonchev–Trinajstić information content (AvgIpc) is 3.08. The number of carbonyl (C=O) groups excluding carboxylic acids is 2. The minimum absolute atomic E-state index is 0.0325. The number of aromatic nitrogens is 3. The van der Waals surface area contributed by atoms with Gasteiger partial charge in [0.15, 0.2) is 0 Å². The van der Waals surface area contributed by atoms with Crippen LogP contribution < -0.4 is 10.1 Å². The second-order valence-corrected chi connectivity index (χ2v) is 5.60. The van der Waals surface area contributed by atoms with Gasteiger partial charge in [-0.05, 0) is 18.6 Å². The Labute approximate surface area is 152 Å². The van der Waals surface area contributed by atoms with Crippen LogP contribution in [-0.4, -0.2) is 45.7 Å². The molecule has 0 aliphatic heterocycles. The summed E-state index contributed by atoms with van der Waals surface area (Å²) in [7, 11) is 1.56. The van der Waals surface area contributed by atoms with Crippen LogP contribution in [0.5, 0.6) is 5.75 Å². The summed E-state index contributed by atoms with van der Waals surface area (Å²) in [6, 6.07) is 5.84. The minimum atomic E-state index is -4.72. The average molecular weight is 385 g/mol. The molecule has 1 aromatic carbocycles. The van der Waals surface area contributed by atoms with Gasteiger partial charge in [0.2, 0.25) is 11.8 Å². The number of hydrogen-bond donors (Lipinski definition) is 2. The van der Waals surface area contributed by atoms with Crippen molar-refractivity contribution in [3.8, 4) is 5.75 Å². The van der Waals surface area contributed by atoms with E-state index in [2.05, 4.69) is 15.4 Å². The van der Waals surface area contributed by atoms with Crippen molar-refractivity contribution in [2.24, 2.45) is 0 Å². The molecule has 0 atom stereocenters. The van der Waals surface area contributed by atoms with Gasteiger partial charge < -0.3 is 9.64 Å². The summed E-state index contributed by atoms with van der Waals surface area (Å²) >= 11 is 0. The number of amides is 2. The van der Waals surface area contributed by atoms with E-state index in [1.165, 1.54) is 23.1 Å². The summed E-state index contributed by atoms with van der Waals surface area (Å²) in [5.74, 6) is -2.74. The van der Waals surface area contributed by atoms with Crippen LogP contribution in [0.3, 0.4) is 0 Å². The fraction of sp³-hybridized carbons (Fsp3) is 0.375. The monoisotopic (exact) mass is 385 g/mol. The van der Waals surface area contributed by atoms with Crippen molar-refractivity contribution in [3.05, 3.63) is 35.7 Å².